The summed E-state index contributed by atoms with van der Waals surface area (Å²) in [5.74, 6) is 0.946. The molecule has 10 heteroatoms. The minimum atomic E-state index is -0.430. The summed E-state index contributed by atoms with van der Waals surface area (Å²) in [5.41, 5.74) is 3.43. The van der Waals surface area contributed by atoms with Crippen molar-refractivity contribution >= 4 is 57.7 Å². The Bertz CT molecular complexity index is 1330. The molecule has 1 fully saturated rings. The fourth-order valence-corrected chi connectivity index (χ4v) is 5.46. The normalized spacial score (nSPS) is 15.9. The molecule has 8 nitrogen and oxygen atoms in total. The SMILES string of the molecule is CCOc1cc(/C=C2\S[C@@H](Nc3ccc(CC)cc3)NC2=O)cc(I)c1OCc1cccc([N+](=O)[O-])c1. The average molecular weight is 631 g/mol. The Morgan fingerprint density at radius 3 is 2.59 bits per heavy atom. The minimum absolute atomic E-state index is 0.0147. The first kappa shape index (κ1) is 26.8. The topological polar surface area (TPSA) is 103 Å². The fourth-order valence-electron chi connectivity index (χ4n) is 3.69. The Morgan fingerprint density at radius 2 is 1.89 bits per heavy atom. The number of nitro benzene ring substituents is 1. The van der Waals surface area contributed by atoms with Gasteiger partial charge in [0.1, 0.15) is 6.61 Å². The van der Waals surface area contributed by atoms with Crippen LogP contribution in [0.1, 0.15) is 30.5 Å². The number of benzene rings is 3. The molecule has 0 aromatic heterocycles. The molecule has 0 aliphatic carbocycles. The van der Waals surface area contributed by atoms with Crippen molar-refractivity contribution in [3.05, 3.63) is 95.9 Å². The number of nitro groups is 1. The molecule has 1 amide bonds. The van der Waals surface area contributed by atoms with E-state index < -0.39 is 4.92 Å². The number of rotatable bonds is 10. The van der Waals surface area contributed by atoms with Crippen molar-refractivity contribution in [2.24, 2.45) is 0 Å². The molecule has 0 radical (unpaired) electrons. The number of amides is 1. The first-order valence-corrected chi connectivity index (χ1v) is 13.7. The van der Waals surface area contributed by atoms with Crippen molar-refractivity contribution in [3.8, 4) is 11.5 Å². The number of anilines is 1. The number of hydrogen-bond acceptors (Lipinski definition) is 7. The van der Waals surface area contributed by atoms with Crippen LogP contribution in [0.3, 0.4) is 0 Å². The van der Waals surface area contributed by atoms with E-state index in [0.717, 1.165) is 21.2 Å². The van der Waals surface area contributed by atoms with E-state index in [1.807, 2.05) is 37.3 Å². The average Bonchev–Trinajstić information content (AvgIpc) is 3.22. The Hall–Kier alpha value is -3.25. The molecule has 1 heterocycles. The molecule has 37 heavy (non-hydrogen) atoms. The monoisotopic (exact) mass is 631 g/mol. The third-order valence-electron chi connectivity index (χ3n) is 5.52. The van der Waals surface area contributed by atoms with E-state index in [0.29, 0.717) is 28.6 Å². The van der Waals surface area contributed by atoms with Crippen molar-refractivity contribution in [1.82, 2.24) is 5.32 Å². The summed E-state index contributed by atoms with van der Waals surface area (Å²) in [6.45, 7) is 4.58. The van der Waals surface area contributed by atoms with E-state index >= 15 is 0 Å². The van der Waals surface area contributed by atoms with Crippen LogP contribution in [0.4, 0.5) is 11.4 Å². The van der Waals surface area contributed by atoms with Gasteiger partial charge < -0.3 is 20.1 Å². The Balaban J connectivity index is 1.49. The number of carbonyl (C=O) groups is 1. The third-order valence-corrected chi connectivity index (χ3v) is 7.35. The number of ether oxygens (including phenoxy) is 2. The Kier molecular flexibility index (Phi) is 8.93. The van der Waals surface area contributed by atoms with Gasteiger partial charge in [-0.2, -0.15) is 0 Å². The van der Waals surface area contributed by atoms with Gasteiger partial charge in [0.05, 0.1) is 20.0 Å². The summed E-state index contributed by atoms with van der Waals surface area (Å²) >= 11 is 3.58. The van der Waals surface area contributed by atoms with Crippen LogP contribution in [0.15, 0.2) is 65.6 Å². The largest absolute Gasteiger partial charge is 0.490 e. The van der Waals surface area contributed by atoms with Gasteiger partial charge in [-0.05, 0) is 83.0 Å². The molecule has 0 spiro atoms. The van der Waals surface area contributed by atoms with E-state index in [-0.39, 0.29) is 23.7 Å². The first-order chi connectivity index (χ1) is 17.9. The lowest BCUT2D eigenvalue weighted by molar-refractivity contribution is -0.384. The van der Waals surface area contributed by atoms with Crippen molar-refractivity contribution in [3.63, 3.8) is 0 Å². The molecule has 0 bridgehead atoms. The number of hydrogen-bond donors (Lipinski definition) is 2. The molecule has 1 aliphatic heterocycles. The summed E-state index contributed by atoms with van der Waals surface area (Å²) in [6, 6.07) is 18.2. The third kappa shape index (κ3) is 6.95. The molecule has 3 aromatic rings. The van der Waals surface area contributed by atoms with E-state index in [1.165, 1.54) is 29.5 Å². The number of halogens is 1. The molecule has 1 atom stereocenters. The standard InChI is InChI=1S/C27H26IN3O5S/c1-3-17-8-10-20(11-9-17)29-27-30-26(32)24(37-27)15-19-13-22(28)25(23(14-19)35-4-2)36-16-18-6-5-7-21(12-18)31(33)34/h5-15,27,29H,3-4,16H2,1-2H3,(H,30,32)/b24-15-/t27-/m0/s1. The van der Waals surface area contributed by atoms with Gasteiger partial charge in [0, 0.05) is 17.8 Å². The van der Waals surface area contributed by atoms with Gasteiger partial charge in [-0.25, -0.2) is 0 Å². The molecular weight excluding hydrogens is 605 g/mol. The highest BCUT2D eigenvalue weighted by Crippen LogP contribution is 2.37. The highest BCUT2D eigenvalue weighted by molar-refractivity contribution is 14.1. The number of non-ortho nitro benzene ring substituents is 1. The number of aryl methyl sites for hydroxylation is 1. The summed E-state index contributed by atoms with van der Waals surface area (Å²) in [4.78, 5) is 23.9. The lowest BCUT2D eigenvalue weighted by Gasteiger charge is -2.15. The van der Waals surface area contributed by atoms with Crippen LogP contribution in [0, 0.1) is 13.7 Å². The molecule has 0 saturated carbocycles. The smallest absolute Gasteiger partial charge is 0.269 e. The maximum atomic E-state index is 12.6. The van der Waals surface area contributed by atoms with Gasteiger partial charge in [0.15, 0.2) is 17.0 Å². The van der Waals surface area contributed by atoms with Crippen LogP contribution >= 0.6 is 34.4 Å². The number of nitrogens with one attached hydrogen (secondary N) is 2. The van der Waals surface area contributed by atoms with Crippen LogP contribution in [0.5, 0.6) is 11.5 Å². The minimum Gasteiger partial charge on any atom is -0.490 e. The van der Waals surface area contributed by atoms with E-state index in [2.05, 4.69) is 52.3 Å². The second kappa shape index (κ2) is 12.3. The molecule has 0 unspecified atom stereocenters. The summed E-state index contributed by atoms with van der Waals surface area (Å²) in [6.07, 6.45) is 2.81. The highest BCUT2D eigenvalue weighted by atomic mass is 127. The number of nitrogens with zero attached hydrogens (tertiary/aromatic N) is 1. The summed E-state index contributed by atoms with van der Waals surface area (Å²) in [7, 11) is 0. The molecule has 2 N–H and O–H groups in total. The van der Waals surface area contributed by atoms with Gasteiger partial charge in [-0.15, -0.1) is 0 Å². The second-order valence-electron chi connectivity index (χ2n) is 8.15. The van der Waals surface area contributed by atoms with Crippen molar-refractivity contribution < 1.29 is 19.2 Å². The van der Waals surface area contributed by atoms with Crippen molar-refractivity contribution in [2.75, 3.05) is 11.9 Å². The van der Waals surface area contributed by atoms with Crippen LogP contribution in [0.25, 0.3) is 6.08 Å². The molecule has 1 saturated heterocycles. The molecular formula is C27H26IN3O5S. The highest BCUT2D eigenvalue weighted by Gasteiger charge is 2.27. The second-order valence-corrected chi connectivity index (χ2v) is 10.5. The van der Waals surface area contributed by atoms with Gasteiger partial charge in [0.25, 0.3) is 11.6 Å². The van der Waals surface area contributed by atoms with Crippen LogP contribution < -0.4 is 20.1 Å². The van der Waals surface area contributed by atoms with Gasteiger partial charge in [-0.1, -0.05) is 43.0 Å². The zero-order chi connectivity index (χ0) is 26.4. The van der Waals surface area contributed by atoms with Gasteiger partial charge in [0.2, 0.25) is 0 Å². The lowest BCUT2D eigenvalue weighted by atomic mass is 10.1. The van der Waals surface area contributed by atoms with Crippen LogP contribution in [0.2, 0.25) is 0 Å². The first-order valence-electron chi connectivity index (χ1n) is 11.7. The van der Waals surface area contributed by atoms with Gasteiger partial charge >= 0.3 is 0 Å². The lowest BCUT2D eigenvalue weighted by Crippen LogP contribution is -2.30. The van der Waals surface area contributed by atoms with Crippen LogP contribution in [-0.4, -0.2) is 22.9 Å². The predicted molar refractivity (Wildman–Crippen MR) is 155 cm³/mol. The van der Waals surface area contributed by atoms with Gasteiger partial charge in [-0.3, -0.25) is 14.9 Å². The Morgan fingerprint density at radius 1 is 1.11 bits per heavy atom. The van der Waals surface area contributed by atoms with Crippen LogP contribution in [-0.2, 0) is 17.8 Å². The van der Waals surface area contributed by atoms with E-state index in [9.17, 15) is 14.9 Å². The Labute approximate surface area is 233 Å². The quantitative estimate of drug-likeness (QED) is 0.117. The van der Waals surface area contributed by atoms with E-state index in [4.69, 9.17) is 9.47 Å². The van der Waals surface area contributed by atoms with Crippen molar-refractivity contribution in [2.45, 2.75) is 32.4 Å². The fraction of sp³-hybridized carbons (Fsp3) is 0.222. The molecule has 4 rings (SSSR count). The summed E-state index contributed by atoms with van der Waals surface area (Å²) < 4.78 is 12.7. The maximum absolute atomic E-state index is 12.6. The summed E-state index contributed by atoms with van der Waals surface area (Å²) in [5, 5.41) is 17.4. The number of carbonyl (C=O) groups excluding carboxylic acids is 1. The van der Waals surface area contributed by atoms with Crippen molar-refractivity contribution in [1.29, 1.82) is 0 Å². The molecule has 192 valence electrons. The molecule has 3 aromatic carbocycles. The van der Waals surface area contributed by atoms with E-state index in [1.54, 1.807) is 12.1 Å². The number of thioether (sulfide) groups is 1. The maximum Gasteiger partial charge on any atom is 0.269 e. The zero-order valence-electron chi connectivity index (χ0n) is 20.3. The predicted octanol–water partition coefficient (Wildman–Crippen LogP) is 6.34. The molecule has 1 aliphatic rings. The zero-order valence-corrected chi connectivity index (χ0v) is 23.3.